The van der Waals surface area contributed by atoms with Gasteiger partial charge in [0.15, 0.2) is 0 Å². The van der Waals surface area contributed by atoms with Crippen LogP contribution >= 0.6 is 0 Å². The van der Waals surface area contributed by atoms with E-state index >= 15 is 0 Å². The third kappa shape index (κ3) is 3.12. The summed E-state index contributed by atoms with van der Waals surface area (Å²) in [5, 5.41) is 0. The fourth-order valence-electron chi connectivity index (χ4n) is 2.71. The molecule has 0 amide bonds. The molecule has 0 atom stereocenters. The second kappa shape index (κ2) is 5.85. The third-order valence-electron chi connectivity index (χ3n) is 3.53. The zero-order valence-corrected chi connectivity index (χ0v) is 11.8. The minimum absolute atomic E-state index is 0.334. The number of benzene rings is 2. The normalized spacial score (nSPS) is 11.5. The van der Waals surface area contributed by atoms with Crippen molar-refractivity contribution in [1.29, 1.82) is 0 Å². The van der Waals surface area contributed by atoms with E-state index in [0.29, 0.717) is 6.04 Å². The Kier molecular flexibility index (Phi) is 4.18. The number of hydrogen-bond donors (Lipinski definition) is 0. The first-order chi connectivity index (χ1) is 9.15. The summed E-state index contributed by atoms with van der Waals surface area (Å²) in [4.78, 5) is 0. The Bertz CT molecular complexity index is 474. The number of nitrogens with zero attached hydrogens (tertiary/aromatic N) is 1. The minimum atomic E-state index is 0.334. The van der Waals surface area contributed by atoms with E-state index in [-0.39, 0.29) is 0 Å². The molecule has 0 saturated carbocycles. The molecule has 0 N–H and O–H groups in total. The lowest BCUT2D eigenvalue weighted by molar-refractivity contribution is -0.909. The summed E-state index contributed by atoms with van der Waals surface area (Å²) in [5.41, 5.74) is 2.70. The van der Waals surface area contributed by atoms with Crippen LogP contribution in [0.1, 0.15) is 17.2 Å². The molecule has 0 aliphatic rings. The second-order valence-corrected chi connectivity index (χ2v) is 5.47. The molecule has 0 aliphatic heterocycles. The highest BCUT2D eigenvalue weighted by Gasteiger charge is 2.30. The Morgan fingerprint density at radius 2 is 1.32 bits per heavy atom. The quantitative estimate of drug-likeness (QED) is 0.556. The number of rotatable bonds is 5. The zero-order chi connectivity index (χ0) is 13.7. The molecule has 0 fully saturated rings. The van der Waals surface area contributed by atoms with Crippen LogP contribution in [0.15, 0.2) is 73.3 Å². The van der Waals surface area contributed by atoms with Crippen molar-refractivity contribution in [3.05, 3.63) is 84.4 Å². The molecule has 1 nitrogen and oxygen atoms in total. The van der Waals surface area contributed by atoms with Gasteiger partial charge in [0.05, 0.1) is 20.6 Å². The van der Waals surface area contributed by atoms with E-state index < -0.39 is 0 Å². The average molecular weight is 252 g/mol. The van der Waals surface area contributed by atoms with E-state index in [1.54, 1.807) is 0 Å². The largest absolute Gasteiger partial charge is 0.315 e. The molecule has 2 aromatic rings. The number of likely N-dealkylation sites (N-methyl/N-ethyl adjacent to an activating group) is 1. The van der Waals surface area contributed by atoms with Crippen LogP contribution in [0.2, 0.25) is 0 Å². The Labute approximate surface area is 116 Å². The van der Waals surface area contributed by atoms with E-state index in [9.17, 15) is 0 Å². The summed E-state index contributed by atoms with van der Waals surface area (Å²) in [7, 11) is 4.51. The molecule has 2 rings (SSSR count). The summed E-state index contributed by atoms with van der Waals surface area (Å²) in [6, 6.07) is 21.7. The van der Waals surface area contributed by atoms with Gasteiger partial charge in [-0.1, -0.05) is 67.2 Å². The van der Waals surface area contributed by atoms with Crippen LogP contribution in [-0.4, -0.2) is 25.1 Å². The van der Waals surface area contributed by atoms with Gasteiger partial charge in [0, 0.05) is 11.1 Å². The molecule has 0 unspecified atom stereocenters. The molecule has 0 bridgehead atoms. The van der Waals surface area contributed by atoms with E-state index in [0.717, 1.165) is 11.0 Å². The maximum absolute atomic E-state index is 3.90. The van der Waals surface area contributed by atoms with Gasteiger partial charge < -0.3 is 4.48 Å². The fourth-order valence-corrected chi connectivity index (χ4v) is 2.71. The summed E-state index contributed by atoms with van der Waals surface area (Å²) in [6.45, 7) is 4.84. The van der Waals surface area contributed by atoms with Gasteiger partial charge in [0.2, 0.25) is 0 Å². The van der Waals surface area contributed by atoms with Crippen molar-refractivity contribution in [2.45, 2.75) is 6.04 Å². The van der Waals surface area contributed by atoms with Crippen LogP contribution in [-0.2, 0) is 0 Å². The van der Waals surface area contributed by atoms with Crippen LogP contribution in [0.4, 0.5) is 0 Å². The van der Waals surface area contributed by atoms with Crippen LogP contribution in [0.25, 0.3) is 0 Å². The lowest BCUT2D eigenvalue weighted by atomic mass is 9.95. The van der Waals surface area contributed by atoms with E-state index in [1.807, 2.05) is 6.08 Å². The molecule has 19 heavy (non-hydrogen) atoms. The smallest absolute Gasteiger partial charge is 0.140 e. The van der Waals surface area contributed by atoms with Gasteiger partial charge in [-0.25, -0.2) is 0 Å². The van der Waals surface area contributed by atoms with Gasteiger partial charge >= 0.3 is 0 Å². The summed E-state index contributed by atoms with van der Waals surface area (Å²) < 4.78 is 0.873. The Balaban J connectivity index is 2.48. The first-order valence-electron chi connectivity index (χ1n) is 6.68. The molecule has 98 valence electrons. The van der Waals surface area contributed by atoms with E-state index in [4.69, 9.17) is 0 Å². The molecule has 1 heteroatoms. The van der Waals surface area contributed by atoms with Gasteiger partial charge in [-0.2, -0.15) is 0 Å². The van der Waals surface area contributed by atoms with Crippen molar-refractivity contribution in [2.24, 2.45) is 0 Å². The maximum Gasteiger partial charge on any atom is 0.140 e. The third-order valence-corrected chi connectivity index (χ3v) is 3.53. The predicted octanol–water partition coefficient (Wildman–Crippen LogP) is 4.04. The monoisotopic (exact) mass is 252 g/mol. The Morgan fingerprint density at radius 3 is 1.68 bits per heavy atom. The standard InChI is InChI=1S/C18H22N/c1-4-15-19(2,3)18(16-11-7-5-8-12-16)17-13-9-6-10-14-17/h4-14,18H,1,15H2,2-3H3/q+1. The predicted molar refractivity (Wildman–Crippen MR) is 81.9 cm³/mol. The molecular weight excluding hydrogens is 230 g/mol. The van der Waals surface area contributed by atoms with Gasteiger partial charge in [-0.3, -0.25) is 0 Å². The van der Waals surface area contributed by atoms with Crippen LogP contribution in [0, 0.1) is 0 Å². The number of quaternary nitrogens is 1. The highest BCUT2D eigenvalue weighted by atomic mass is 15.3. The lowest BCUT2D eigenvalue weighted by Crippen LogP contribution is -2.43. The Morgan fingerprint density at radius 1 is 0.895 bits per heavy atom. The van der Waals surface area contributed by atoms with Crippen LogP contribution < -0.4 is 0 Å². The molecule has 0 aliphatic carbocycles. The van der Waals surface area contributed by atoms with Crippen LogP contribution in [0.5, 0.6) is 0 Å². The summed E-state index contributed by atoms with van der Waals surface area (Å²) in [5.74, 6) is 0. The van der Waals surface area contributed by atoms with Crippen molar-refractivity contribution in [3.8, 4) is 0 Å². The van der Waals surface area contributed by atoms with Crippen molar-refractivity contribution < 1.29 is 4.48 Å². The lowest BCUT2D eigenvalue weighted by Gasteiger charge is -2.38. The Hall–Kier alpha value is -1.86. The highest BCUT2D eigenvalue weighted by Crippen LogP contribution is 2.31. The fraction of sp³-hybridized carbons (Fsp3) is 0.222. The molecule has 0 radical (unpaired) electrons. The molecule has 2 aromatic carbocycles. The molecule has 0 saturated heterocycles. The van der Waals surface area contributed by atoms with Crippen molar-refractivity contribution >= 4 is 0 Å². The van der Waals surface area contributed by atoms with Gasteiger partial charge in [0.1, 0.15) is 6.04 Å². The number of hydrogen-bond acceptors (Lipinski definition) is 0. The first-order valence-corrected chi connectivity index (χ1v) is 6.68. The minimum Gasteiger partial charge on any atom is -0.315 e. The maximum atomic E-state index is 3.90. The molecule has 0 spiro atoms. The topological polar surface area (TPSA) is 0 Å². The highest BCUT2D eigenvalue weighted by molar-refractivity contribution is 5.29. The van der Waals surface area contributed by atoms with Crippen molar-refractivity contribution in [3.63, 3.8) is 0 Å². The van der Waals surface area contributed by atoms with E-state index in [1.165, 1.54) is 11.1 Å². The van der Waals surface area contributed by atoms with Gasteiger partial charge in [0.25, 0.3) is 0 Å². The van der Waals surface area contributed by atoms with Crippen molar-refractivity contribution in [1.82, 2.24) is 0 Å². The van der Waals surface area contributed by atoms with Gasteiger partial charge in [-0.05, 0) is 6.08 Å². The van der Waals surface area contributed by atoms with Crippen LogP contribution in [0.3, 0.4) is 0 Å². The molecule has 0 heterocycles. The van der Waals surface area contributed by atoms with Crippen molar-refractivity contribution in [2.75, 3.05) is 20.6 Å². The summed E-state index contributed by atoms with van der Waals surface area (Å²) >= 11 is 0. The zero-order valence-electron chi connectivity index (χ0n) is 11.8. The first kappa shape index (κ1) is 13.6. The SMILES string of the molecule is C=CC[N+](C)(C)C(c1ccccc1)c1ccccc1. The molecular formula is C18H22N+. The summed E-state index contributed by atoms with van der Waals surface area (Å²) in [6.07, 6.45) is 2.00. The average Bonchev–Trinajstić information content (AvgIpc) is 2.41. The van der Waals surface area contributed by atoms with Gasteiger partial charge in [-0.15, -0.1) is 0 Å². The van der Waals surface area contributed by atoms with E-state index in [2.05, 4.69) is 81.3 Å². The molecule has 0 aromatic heterocycles. The second-order valence-electron chi connectivity index (χ2n) is 5.47.